The molecule has 0 spiro atoms. The molecule has 4 atom stereocenters. The van der Waals surface area contributed by atoms with E-state index in [0.717, 1.165) is 32.1 Å². The third-order valence-electron chi connectivity index (χ3n) is 6.21. The van der Waals surface area contributed by atoms with Crippen molar-refractivity contribution in [3.05, 3.63) is 0 Å². The van der Waals surface area contributed by atoms with Crippen LogP contribution >= 0.6 is 15.9 Å². The summed E-state index contributed by atoms with van der Waals surface area (Å²) in [6, 6.07) is 0. The Morgan fingerprint density at radius 2 is 1.30 bits per heavy atom. The maximum atomic E-state index is 11.8. The highest BCUT2D eigenvalue weighted by atomic mass is 79.9. The molecular formula is C26H45BrO10. The summed E-state index contributed by atoms with van der Waals surface area (Å²) >= 11 is 3.09. The fourth-order valence-corrected chi connectivity index (χ4v) is 4.86. The van der Waals surface area contributed by atoms with Gasteiger partial charge in [0.1, 0.15) is 0 Å². The number of hydrogen-bond donors (Lipinski definition) is 0. The summed E-state index contributed by atoms with van der Waals surface area (Å²) < 4.78 is 29.5. The summed E-state index contributed by atoms with van der Waals surface area (Å²) in [5.74, 6) is -1.16. The minimum absolute atomic E-state index is 0.0758. The quantitative estimate of drug-likeness (QED) is 0.194. The summed E-state index contributed by atoms with van der Waals surface area (Å²) in [5.41, 5.74) is -1.32. The van der Waals surface area contributed by atoms with E-state index in [4.69, 9.17) is 14.2 Å². The number of carbonyl (C=O) groups is 4. The molecule has 0 aromatic rings. The molecule has 0 radical (unpaired) electrons. The van der Waals surface area contributed by atoms with Gasteiger partial charge in [-0.05, 0) is 33.1 Å². The van der Waals surface area contributed by atoms with Gasteiger partial charge in [-0.15, -0.1) is 0 Å². The molecule has 2 aliphatic rings. The van der Waals surface area contributed by atoms with Gasteiger partial charge in [-0.3, -0.25) is 9.59 Å². The van der Waals surface area contributed by atoms with Crippen LogP contribution in [0.3, 0.4) is 0 Å². The zero-order chi connectivity index (χ0) is 28.7. The van der Waals surface area contributed by atoms with E-state index >= 15 is 0 Å². The Morgan fingerprint density at radius 3 is 1.68 bits per heavy atom. The van der Waals surface area contributed by atoms with Gasteiger partial charge in [-0.2, -0.15) is 0 Å². The number of hydrogen-bond acceptors (Lipinski definition) is 10. The second-order valence-electron chi connectivity index (χ2n) is 9.59. The van der Waals surface area contributed by atoms with Crippen LogP contribution in [0.1, 0.15) is 85.5 Å². The molecular weight excluding hydrogens is 552 g/mol. The molecule has 216 valence electrons. The number of carbonyl (C=O) groups excluding carboxylic acids is 4. The summed E-state index contributed by atoms with van der Waals surface area (Å²) in [5, 5.41) is 0.680. The van der Waals surface area contributed by atoms with Crippen LogP contribution in [-0.4, -0.2) is 80.6 Å². The first-order valence-corrected chi connectivity index (χ1v) is 13.7. The molecule has 11 heteroatoms. The van der Waals surface area contributed by atoms with E-state index in [1.165, 1.54) is 28.4 Å². The van der Waals surface area contributed by atoms with Gasteiger partial charge in [0.15, 0.2) is 11.7 Å². The molecule has 2 aliphatic heterocycles. The number of ether oxygens (including phenoxy) is 6. The number of alkyl halides is 1. The average molecular weight is 598 g/mol. The third kappa shape index (κ3) is 11.7. The first kappa shape index (κ1) is 35.3. The average Bonchev–Trinajstić information content (AvgIpc) is 2.84. The largest absolute Gasteiger partial charge is 0.469 e. The maximum absolute atomic E-state index is 11.8. The number of esters is 4. The Bertz CT molecular complexity index is 727. The molecule has 2 fully saturated rings. The normalized spacial score (nSPS) is 27.4. The van der Waals surface area contributed by atoms with Crippen LogP contribution in [0.15, 0.2) is 0 Å². The molecule has 4 unspecified atom stereocenters. The molecule has 2 rings (SSSR count). The first-order chi connectivity index (χ1) is 17.3. The van der Waals surface area contributed by atoms with E-state index in [0.29, 0.717) is 24.6 Å². The maximum Gasteiger partial charge on any atom is 0.338 e. The van der Waals surface area contributed by atoms with E-state index in [1.807, 2.05) is 13.8 Å². The topological polar surface area (TPSA) is 124 Å². The van der Waals surface area contributed by atoms with Crippen molar-refractivity contribution in [1.29, 1.82) is 0 Å². The lowest BCUT2D eigenvalue weighted by molar-refractivity contribution is -0.271. The summed E-state index contributed by atoms with van der Waals surface area (Å²) in [6.07, 6.45) is 5.99. The van der Waals surface area contributed by atoms with E-state index < -0.39 is 11.6 Å². The number of methoxy groups -OCH3 is 4. The molecule has 37 heavy (non-hydrogen) atoms. The van der Waals surface area contributed by atoms with Gasteiger partial charge in [0.25, 0.3) is 0 Å². The SMILES string of the molecule is CCCC1(C)CC(C(=O)OC)O1.CCCC1(C)CC(CCC(=O)OC)(C(=O)OC)O1.COC(=O)CCBr. The molecule has 0 bridgehead atoms. The van der Waals surface area contributed by atoms with Crippen molar-refractivity contribution in [1.82, 2.24) is 0 Å². The van der Waals surface area contributed by atoms with Gasteiger partial charge in [-0.1, -0.05) is 42.6 Å². The van der Waals surface area contributed by atoms with Crippen molar-refractivity contribution in [3.8, 4) is 0 Å². The zero-order valence-corrected chi connectivity index (χ0v) is 25.2. The van der Waals surface area contributed by atoms with Crippen molar-refractivity contribution < 1.29 is 47.6 Å². The Labute approximate surface area is 229 Å². The number of halogens is 1. The van der Waals surface area contributed by atoms with Crippen LogP contribution in [0.2, 0.25) is 0 Å². The van der Waals surface area contributed by atoms with E-state index in [1.54, 1.807) is 0 Å². The minimum atomic E-state index is -0.965. The second kappa shape index (κ2) is 17.0. The lowest BCUT2D eigenvalue weighted by Crippen LogP contribution is -2.62. The van der Waals surface area contributed by atoms with Crippen molar-refractivity contribution in [2.45, 2.75) is 108 Å². The molecule has 0 aromatic heterocycles. The lowest BCUT2D eigenvalue weighted by Gasteiger charge is -2.52. The van der Waals surface area contributed by atoms with Crippen molar-refractivity contribution >= 4 is 39.8 Å². The van der Waals surface area contributed by atoms with E-state index in [2.05, 4.69) is 44.0 Å². The van der Waals surface area contributed by atoms with Gasteiger partial charge >= 0.3 is 23.9 Å². The highest BCUT2D eigenvalue weighted by Gasteiger charge is 2.58. The molecule has 2 saturated heterocycles. The van der Waals surface area contributed by atoms with Gasteiger partial charge in [0.05, 0.1) is 46.1 Å². The fraction of sp³-hybridized carbons (Fsp3) is 0.846. The summed E-state index contributed by atoms with van der Waals surface area (Å²) in [7, 11) is 5.43. The van der Waals surface area contributed by atoms with Crippen LogP contribution in [0.25, 0.3) is 0 Å². The third-order valence-corrected chi connectivity index (χ3v) is 6.61. The molecule has 10 nitrogen and oxygen atoms in total. The Morgan fingerprint density at radius 1 is 0.811 bits per heavy atom. The van der Waals surface area contributed by atoms with Gasteiger partial charge in [0, 0.05) is 24.6 Å². The zero-order valence-electron chi connectivity index (χ0n) is 23.6. The van der Waals surface area contributed by atoms with Crippen LogP contribution in [0.4, 0.5) is 0 Å². The molecule has 0 aromatic carbocycles. The van der Waals surface area contributed by atoms with Crippen molar-refractivity contribution in [2.75, 3.05) is 33.8 Å². The highest BCUT2D eigenvalue weighted by molar-refractivity contribution is 9.09. The van der Waals surface area contributed by atoms with E-state index in [9.17, 15) is 19.2 Å². The van der Waals surface area contributed by atoms with Crippen LogP contribution in [0.5, 0.6) is 0 Å². The first-order valence-electron chi connectivity index (χ1n) is 12.6. The molecule has 2 heterocycles. The van der Waals surface area contributed by atoms with Crippen LogP contribution in [0, 0.1) is 0 Å². The number of rotatable bonds is 11. The summed E-state index contributed by atoms with van der Waals surface area (Å²) in [6.45, 7) is 8.20. The fourth-order valence-electron chi connectivity index (χ4n) is 4.54. The molecule has 0 saturated carbocycles. The van der Waals surface area contributed by atoms with Gasteiger partial charge in [-0.25, -0.2) is 9.59 Å². The van der Waals surface area contributed by atoms with Crippen molar-refractivity contribution in [3.63, 3.8) is 0 Å². The van der Waals surface area contributed by atoms with Gasteiger partial charge < -0.3 is 28.4 Å². The van der Waals surface area contributed by atoms with Crippen LogP contribution < -0.4 is 0 Å². The lowest BCUT2D eigenvalue weighted by atomic mass is 9.75. The van der Waals surface area contributed by atoms with E-state index in [-0.39, 0.29) is 41.6 Å². The van der Waals surface area contributed by atoms with Gasteiger partial charge in [0.2, 0.25) is 0 Å². The predicted octanol–water partition coefficient (Wildman–Crippen LogP) is 4.28. The Hall–Kier alpha value is -1.72. The smallest absolute Gasteiger partial charge is 0.338 e. The van der Waals surface area contributed by atoms with Crippen molar-refractivity contribution in [2.24, 2.45) is 0 Å². The minimum Gasteiger partial charge on any atom is -0.469 e. The standard InChI is InChI=1S/C13H22O5.C9H16O3.C4H7BrO2/c1-5-7-12(2)9-13(18-12,11(15)17-4)8-6-10(14)16-3;1-4-5-9(2)6-7(12-9)8(10)11-3;1-7-4(6)2-3-5/h5-9H2,1-4H3;7H,4-6H2,1-3H3;2-3H2,1H3. The highest BCUT2D eigenvalue weighted by Crippen LogP contribution is 2.47. The molecule has 0 N–H and O–H groups in total. The summed E-state index contributed by atoms with van der Waals surface area (Å²) in [4.78, 5) is 44.1. The molecule has 0 aliphatic carbocycles. The monoisotopic (exact) mass is 596 g/mol. The Balaban J connectivity index is 0.000000586. The second-order valence-corrected chi connectivity index (χ2v) is 10.4. The van der Waals surface area contributed by atoms with Crippen LogP contribution in [-0.2, 0) is 47.6 Å². The Kier molecular flexibility index (Phi) is 16.2. The predicted molar refractivity (Wildman–Crippen MR) is 140 cm³/mol. The molecule has 0 amide bonds.